The molecule has 0 saturated carbocycles. The van der Waals surface area contributed by atoms with Crippen molar-refractivity contribution in [2.75, 3.05) is 26.2 Å². The maximum Gasteiger partial charge on any atom is 0.308 e. The van der Waals surface area contributed by atoms with Crippen molar-refractivity contribution in [1.29, 1.82) is 0 Å². The molecule has 2 saturated heterocycles. The van der Waals surface area contributed by atoms with Gasteiger partial charge in [-0.3, -0.25) is 14.5 Å². The van der Waals surface area contributed by atoms with E-state index in [1.54, 1.807) is 4.90 Å². The van der Waals surface area contributed by atoms with Crippen LogP contribution in [0, 0.1) is 5.92 Å². The van der Waals surface area contributed by atoms with Crippen LogP contribution in [0.15, 0.2) is 0 Å². The highest BCUT2D eigenvalue weighted by Gasteiger charge is 2.37. The number of carbonyl (C=O) groups excluding carboxylic acids is 1. The number of carboxylic acids is 1. The highest BCUT2D eigenvalue weighted by molar-refractivity contribution is 5.83. The zero-order valence-corrected chi connectivity index (χ0v) is 11.0. The summed E-state index contributed by atoms with van der Waals surface area (Å²) in [6.45, 7) is 5.08. The molecular formula is C13H22N2O3. The number of nitrogens with zero attached hydrogens (tertiary/aromatic N) is 2. The van der Waals surface area contributed by atoms with Crippen molar-refractivity contribution in [3.05, 3.63) is 0 Å². The zero-order chi connectivity index (χ0) is 13.1. The monoisotopic (exact) mass is 254 g/mol. The molecule has 0 bridgehead atoms. The molecular weight excluding hydrogens is 232 g/mol. The van der Waals surface area contributed by atoms with Crippen LogP contribution in [0.5, 0.6) is 0 Å². The van der Waals surface area contributed by atoms with Gasteiger partial charge < -0.3 is 10.0 Å². The molecule has 5 nitrogen and oxygen atoms in total. The molecule has 0 aromatic rings. The number of hydrogen-bond acceptors (Lipinski definition) is 3. The zero-order valence-electron chi connectivity index (χ0n) is 11.0. The van der Waals surface area contributed by atoms with E-state index in [1.165, 1.54) is 0 Å². The van der Waals surface area contributed by atoms with Crippen molar-refractivity contribution in [2.45, 2.75) is 38.6 Å². The second-order valence-corrected chi connectivity index (χ2v) is 5.30. The highest BCUT2D eigenvalue weighted by Crippen LogP contribution is 2.23. The molecule has 1 amide bonds. The molecule has 102 valence electrons. The molecule has 2 rings (SSSR count). The SMILES string of the molecule is CCCN1CCCC1C(=O)N1CCC(C(=O)O)C1. The van der Waals surface area contributed by atoms with Crippen LogP contribution in [-0.4, -0.2) is 59.0 Å². The van der Waals surface area contributed by atoms with E-state index in [0.717, 1.165) is 32.4 Å². The lowest BCUT2D eigenvalue weighted by molar-refractivity contribution is -0.141. The molecule has 0 radical (unpaired) electrons. The van der Waals surface area contributed by atoms with Gasteiger partial charge >= 0.3 is 5.97 Å². The lowest BCUT2D eigenvalue weighted by Crippen LogP contribution is -2.45. The molecule has 2 aliphatic heterocycles. The summed E-state index contributed by atoms with van der Waals surface area (Å²) < 4.78 is 0. The first-order valence-corrected chi connectivity index (χ1v) is 6.89. The van der Waals surface area contributed by atoms with Crippen LogP contribution < -0.4 is 0 Å². The first kappa shape index (κ1) is 13.3. The quantitative estimate of drug-likeness (QED) is 0.806. The van der Waals surface area contributed by atoms with Crippen molar-refractivity contribution in [3.63, 3.8) is 0 Å². The van der Waals surface area contributed by atoms with Gasteiger partial charge in [0, 0.05) is 13.1 Å². The smallest absolute Gasteiger partial charge is 0.308 e. The molecule has 0 aromatic carbocycles. The summed E-state index contributed by atoms with van der Waals surface area (Å²) in [7, 11) is 0. The number of rotatable bonds is 4. The van der Waals surface area contributed by atoms with Crippen molar-refractivity contribution >= 4 is 11.9 Å². The van der Waals surface area contributed by atoms with E-state index < -0.39 is 5.97 Å². The summed E-state index contributed by atoms with van der Waals surface area (Å²) in [5.41, 5.74) is 0. The maximum atomic E-state index is 12.4. The summed E-state index contributed by atoms with van der Waals surface area (Å²) in [5.74, 6) is -0.998. The Morgan fingerprint density at radius 2 is 2.06 bits per heavy atom. The Labute approximate surface area is 108 Å². The van der Waals surface area contributed by atoms with Crippen molar-refractivity contribution in [1.82, 2.24) is 9.80 Å². The fourth-order valence-electron chi connectivity index (χ4n) is 3.03. The third-order valence-electron chi connectivity index (χ3n) is 4.01. The van der Waals surface area contributed by atoms with Crippen LogP contribution in [0.2, 0.25) is 0 Å². The first-order valence-electron chi connectivity index (χ1n) is 6.89. The Bertz CT molecular complexity index is 332. The van der Waals surface area contributed by atoms with E-state index in [-0.39, 0.29) is 17.9 Å². The topological polar surface area (TPSA) is 60.9 Å². The second-order valence-electron chi connectivity index (χ2n) is 5.30. The van der Waals surface area contributed by atoms with Gasteiger partial charge in [-0.05, 0) is 38.8 Å². The molecule has 2 atom stereocenters. The van der Waals surface area contributed by atoms with Crippen LogP contribution in [0.4, 0.5) is 0 Å². The van der Waals surface area contributed by atoms with Crippen LogP contribution in [0.1, 0.15) is 32.6 Å². The van der Waals surface area contributed by atoms with Crippen molar-refractivity contribution in [2.24, 2.45) is 5.92 Å². The van der Waals surface area contributed by atoms with Gasteiger partial charge in [0.25, 0.3) is 0 Å². The van der Waals surface area contributed by atoms with Gasteiger partial charge in [0.05, 0.1) is 12.0 Å². The van der Waals surface area contributed by atoms with E-state index in [9.17, 15) is 9.59 Å². The van der Waals surface area contributed by atoms with Gasteiger partial charge in [0.2, 0.25) is 5.91 Å². The maximum absolute atomic E-state index is 12.4. The fraction of sp³-hybridized carbons (Fsp3) is 0.846. The molecule has 0 spiro atoms. The van der Waals surface area contributed by atoms with E-state index in [1.807, 2.05) is 0 Å². The summed E-state index contributed by atoms with van der Waals surface area (Å²) >= 11 is 0. The van der Waals surface area contributed by atoms with E-state index in [0.29, 0.717) is 19.5 Å². The molecule has 2 heterocycles. The molecule has 2 fully saturated rings. The lowest BCUT2D eigenvalue weighted by atomic mass is 10.1. The Morgan fingerprint density at radius 3 is 2.67 bits per heavy atom. The highest BCUT2D eigenvalue weighted by atomic mass is 16.4. The van der Waals surface area contributed by atoms with Crippen LogP contribution in [0.25, 0.3) is 0 Å². The minimum absolute atomic E-state index is 0.00232. The van der Waals surface area contributed by atoms with Gasteiger partial charge in [0.15, 0.2) is 0 Å². The normalized spacial score (nSPS) is 28.8. The summed E-state index contributed by atoms with van der Waals surface area (Å²) in [6, 6.07) is -0.00232. The first-order chi connectivity index (χ1) is 8.63. The van der Waals surface area contributed by atoms with Gasteiger partial charge in [-0.1, -0.05) is 6.92 Å². The summed E-state index contributed by atoms with van der Waals surface area (Å²) in [4.78, 5) is 27.3. The third-order valence-corrected chi connectivity index (χ3v) is 4.01. The van der Waals surface area contributed by atoms with E-state index in [2.05, 4.69) is 11.8 Å². The average Bonchev–Trinajstić information content (AvgIpc) is 2.97. The predicted octanol–water partition coefficient (Wildman–Crippen LogP) is 0.794. The molecule has 1 N–H and O–H groups in total. The van der Waals surface area contributed by atoms with Crippen LogP contribution in [-0.2, 0) is 9.59 Å². The number of likely N-dealkylation sites (tertiary alicyclic amines) is 2. The average molecular weight is 254 g/mol. The Morgan fingerprint density at radius 1 is 1.28 bits per heavy atom. The van der Waals surface area contributed by atoms with Crippen molar-refractivity contribution < 1.29 is 14.7 Å². The number of aliphatic carboxylic acids is 1. The number of carboxylic acid groups (broad SMARTS) is 1. The van der Waals surface area contributed by atoms with Crippen LogP contribution >= 0.6 is 0 Å². The van der Waals surface area contributed by atoms with E-state index in [4.69, 9.17) is 5.11 Å². The largest absolute Gasteiger partial charge is 0.481 e. The molecule has 0 aliphatic carbocycles. The molecule has 0 aromatic heterocycles. The minimum Gasteiger partial charge on any atom is -0.481 e. The van der Waals surface area contributed by atoms with Gasteiger partial charge in [-0.25, -0.2) is 0 Å². The number of amides is 1. The van der Waals surface area contributed by atoms with Gasteiger partial charge in [-0.2, -0.15) is 0 Å². The summed E-state index contributed by atoms with van der Waals surface area (Å²) in [5, 5.41) is 8.97. The summed E-state index contributed by atoms with van der Waals surface area (Å²) in [6.07, 6.45) is 3.66. The standard InChI is InChI=1S/C13H22N2O3/c1-2-6-14-7-3-4-11(14)12(16)15-8-5-10(9-15)13(17)18/h10-11H,2-9H2,1H3,(H,17,18). The molecule has 5 heteroatoms. The third kappa shape index (κ3) is 2.66. The Hall–Kier alpha value is -1.10. The fourth-order valence-corrected chi connectivity index (χ4v) is 3.03. The van der Waals surface area contributed by atoms with E-state index >= 15 is 0 Å². The molecule has 2 aliphatic rings. The molecule has 18 heavy (non-hydrogen) atoms. The molecule has 2 unspecified atom stereocenters. The van der Waals surface area contributed by atoms with Gasteiger partial charge in [0.1, 0.15) is 0 Å². The van der Waals surface area contributed by atoms with Gasteiger partial charge in [-0.15, -0.1) is 0 Å². The number of carbonyl (C=O) groups is 2. The Kier molecular flexibility index (Phi) is 4.22. The second kappa shape index (κ2) is 5.69. The Balaban J connectivity index is 1.93. The number of hydrogen-bond donors (Lipinski definition) is 1. The van der Waals surface area contributed by atoms with Crippen molar-refractivity contribution in [3.8, 4) is 0 Å². The minimum atomic E-state index is -0.776. The van der Waals surface area contributed by atoms with Crippen LogP contribution in [0.3, 0.4) is 0 Å². The predicted molar refractivity (Wildman–Crippen MR) is 67.2 cm³/mol. The lowest BCUT2D eigenvalue weighted by Gasteiger charge is -2.27.